The summed E-state index contributed by atoms with van der Waals surface area (Å²) in [4.78, 5) is 0. The summed E-state index contributed by atoms with van der Waals surface area (Å²) in [6, 6.07) is 11.4. The summed E-state index contributed by atoms with van der Waals surface area (Å²) in [6.45, 7) is 7.01. The average Bonchev–Trinajstić information content (AvgIpc) is 2.46. The molecule has 0 aliphatic carbocycles. The van der Waals surface area contributed by atoms with E-state index in [-0.39, 0.29) is 11.9 Å². The topological polar surface area (TPSA) is 12.0 Å². The van der Waals surface area contributed by atoms with Gasteiger partial charge in [0.05, 0.1) is 6.04 Å². The lowest BCUT2D eigenvalue weighted by atomic mass is 9.95. The van der Waals surface area contributed by atoms with Crippen molar-refractivity contribution in [2.24, 2.45) is 0 Å². The molecule has 112 valence electrons. The van der Waals surface area contributed by atoms with Gasteiger partial charge in [-0.25, -0.2) is 4.39 Å². The number of rotatable bonds is 5. The van der Waals surface area contributed by atoms with Crippen LogP contribution in [0.1, 0.15) is 41.6 Å². The fourth-order valence-corrected chi connectivity index (χ4v) is 2.67. The Bertz CT molecular complexity index is 625. The lowest BCUT2D eigenvalue weighted by molar-refractivity contribution is 0.546. The summed E-state index contributed by atoms with van der Waals surface area (Å²) in [5, 5.41) is 3.46. The summed E-state index contributed by atoms with van der Waals surface area (Å²) in [7, 11) is 0. The number of halogens is 2. The van der Waals surface area contributed by atoms with Gasteiger partial charge in [-0.15, -0.1) is 0 Å². The van der Waals surface area contributed by atoms with Crippen LogP contribution < -0.4 is 5.32 Å². The molecule has 0 saturated carbocycles. The van der Waals surface area contributed by atoms with Gasteiger partial charge < -0.3 is 5.32 Å². The molecule has 1 nitrogen and oxygen atoms in total. The average molecular weight is 350 g/mol. The van der Waals surface area contributed by atoms with Crippen LogP contribution >= 0.6 is 15.9 Å². The number of benzene rings is 2. The standard InChI is InChI=1S/C18H21BrFN/c1-4-9-21-18(14-6-7-16(19)13(3)11-14)15-10-12(2)5-8-17(15)20/h5-8,10-11,18,21H,4,9H2,1-3H3. The van der Waals surface area contributed by atoms with Gasteiger partial charge in [0.2, 0.25) is 0 Å². The van der Waals surface area contributed by atoms with Crippen molar-refractivity contribution in [2.45, 2.75) is 33.2 Å². The minimum absolute atomic E-state index is 0.114. The molecule has 0 aliphatic rings. The highest BCUT2D eigenvalue weighted by Crippen LogP contribution is 2.28. The zero-order valence-corrected chi connectivity index (χ0v) is 14.3. The van der Waals surface area contributed by atoms with Gasteiger partial charge in [0.15, 0.2) is 0 Å². The molecule has 0 fully saturated rings. The molecule has 1 N–H and O–H groups in total. The smallest absolute Gasteiger partial charge is 0.128 e. The van der Waals surface area contributed by atoms with Crippen molar-refractivity contribution in [3.05, 3.63) is 68.9 Å². The van der Waals surface area contributed by atoms with Gasteiger partial charge in [-0.05, 0) is 50.1 Å². The van der Waals surface area contributed by atoms with Crippen LogP contribution in [0.4, 0.5) is 4.39 Å². The van der Waals surface area contributed by atoms with Crippen molar-refractivity contribution in [1.82, 2.24) is 5.32 Å². The van der Waals surface area contributed by atoms with Crippen LogP contribution in [-0.4, -0.2) is 6.54 Å². The molecule has 0 bridgehead atoms. The molecule has 0 saturated heterocycles. The van der Waals surface area contributed by atoms with Gasteiger partial charge in [-0.2, -0.15) is 0 Å². The molecule has 2 aromatic rings. The van der Waals surface area contributed by atoms with Gasteiger partial charge in [0.1, 0.15) is 5.82 Å². The number of hydrogen-bond acceptors (Lipinski definition) is 1. The van der Waals surface area contributed by atoms with E-state index in [2.05, 4.69) is 41.2 Å². The van der Waals surface area contributed by atoms with Crippen LogP contribution in [0.25, 0.3) is 0 Å². The quantitative estimate of drug-likeness (QED) is 0.772. The normalized spacial score (nSPS) is 12.4. The maximum absolute atomic E-state index is 14.3. The van der Waals surface area contributed by atoms with E-state index in [1.165, 1.54) is 0 Å². The van der Waals surface area contributed by atoms with Crippen molar-refractivity contribution in [3.8, 4) is 0 Å². The Labute approximate surface area is 134 Å². The SMILES string of the molecule is CCCNC(c1ccc(Br)c(C)c1)c1cc(C)ccc1F. The monoisotopic (exact) mass is 349 g/mol. The Morgan fingerprint density at radius 2 is 1.90 bits per heavy atom. The fraction of sp³-hybridized carbons (Fsp3) is 0.333. The molecule has 3 heteroatoms. The molecule has 0 heterocycles. The number of hydrogen-bond donors (Lipinski definition) is 1. The zero-order valence-electron chi connectivity index (χ0n) is 12.7. The summed E-state index contributed by atoms with van der Waals surface area (Å²) in [6.07, 6.45) is 1.01. The lowest BCUT2D eigenvalue weighted by Gasteiger charge is -2.21. The number of nitrogens with one attached hydrogen (secondary N) is 1. The fourth-order valence-electron chi connectivity index (χ4n) is 2.43. The first-order valence-corrected chi connectivity index (χ1v) is 8.07. The van der Waals surface area contributed by atoms with Crippen molar-refractivity contribution < 1.29 is 4.39 Å². The molecular formula is C18H21BrFN. The molecule has 21 heavy (non-hydrogen) atoms. The highest BCUT2D eigenvalue weighted by atomic mass is 79.9. The molecule has 1 unspecified atom stereocenters. The van der Waals surface area contributed by atoms with Gasteiger partial charge in [-0.1, -0.05) is 52.7 Å². The second-order valence-corrected chi connectivity index (χ2v) is 6.28. The third-order valence-electron chi connectivity index (χ3n) is 3.58. The third-order valence-corrected chi connectivity index (χ3v) is 4.47. The lowest BCUT2D eigenvalue weighted by Crippen LogP contribution is -2.24. The van der Waals surface area contributed by atoms with E-state index in [0.717, 1.165) is 34.1 Å². The first kappa shape index (κ1) is 16.2. The van der Waals surface area contributed by atoms with Gasteiger partial charge in [0, 0.05) is 10.0 Å². The number of aryl methyl sites for hydroxylation is 2. The van der Waals surface area contributed by atoms with Gasteiger partial charge >= 0.3 is 0 Å². The van der Waals surface area contributed by atoms with Crippen LogP contribution in [0.15, 0.2) is 40.9 Å². The Morgan fingerprint density at radius 3 is 2.57 bits per heavy atom. The predicted octanol–water partition coefficient (Wildman–Crippen LogP) is 5.29. The summed E-state index contributed by atoms with van der Waals surface area (Å²) >= 11 is 3.52. The Hall–Kier alpha value is -1.19. The van der Waals surface area contributed by atoms with Crippen molar-refractivity contribution in [3.63, 3.8) is 0 Å². The van der Waals surface area contributed by atoms with E-state index < -0.39 is 0 Å². The van der Waals surface area contributed by atoms with Crippen LogP contribution in [-0.2, 0) is 0 Å². The third kappa shape index (κ3) is 3.92. The Balaban J connectivity index is 2.46. The minimum Gasteiger partial charge on any atom is -0.306 e. The molecule has 0 aliphatic heterocycles. The Kier molecular flexibility index (Phi) is 5.54. The van der Waals surface area contributed by atoms with E-state index in [9.17, 15) is 4.39 Å². The summed E-state index contributed by atoms with van der Waals surface area (Å²) < 4.78 is 15.3. The molecule has 0 aromatic heterocycles. The van der Waals surface area contributed by atoms with Crippen molar-refractivity contribution >= 4 is 15.9 Å². The Morgan fingerprint density at radius 1 is 1.14 bits per heavy atom. The van der Waals surface area contributed by atoms with E-state index in [0.29, 0.717) is 5.56 Å². The van der Waals surface area contributed by atoms with Crippen LogP contribution in [0.3, 0.4) is 0 Å². The van der Waals surface area contributed by atoms with E-state index in [1.807, 2.05) is 31.2 Å². The molecule has 0 radical (unpaired) electrons. The van der Waals surface area contributed by atoms with E-state index in [4.69, 9.17) is 0 Å². The highest BCUT2D eigenvalue weighted by molar-refractivity contribution is 9.10. The highest BCUT2D eigenvalue weighted by Gasteiger charge is 2.18. The maximum atomic E-state index is 14.3. The zero-order chi connectivity index (χ0) is 15.4. The maximum Gasteiger partial charge on any atom is 0.128 e. The van der Waals surface area contributed by atoms with Crippen LogP contribution in [0.2, 0.25) is 0 Å². The minimum atomic E-state index is -0.158. The van der Waals surface area contributed by atoms with Gasteiger partial charge in [-0.3, -0.25) is 0 Å². The van der Waals surface area contributed by atoms with Crippen LogP contribution in [0.5, 0.6) is 0 Å². The van der Waals surface area contributed by atoms with Gasteiger partial charge in [0.25, 0.3) is 0 Å². The molecule has 1 atom stereocenters. The first-order valence-electron chi connectivity index (χ1n) is 7.28. The second-order valence-electron chi connectivity index (χ2n) is 5.42. The van der Waals surface area contributed by atoms with Crippen molar-refractivity contribution in [2.75, 3.05) is 6.54 Å². The second kappa shape index (κ2) is 7.19. The largest absolute Gasteiger partial charge is 0.306 e. The first-order chi connectivity index (χ1) is 10.0. The van der Waals surface area contributed by atoms with Crippen LogP contribution in [0, 0.1) is 19.7 Å². The summed E-state index contributed by atoms with van der Waals surface area (Å²) in [5.41, 5.74) is 4.03. The van der Waals surface area contributed by atoms with E-state index >= 15 is 0 Å². The summed E-state index contributed by atoms with van der Waals surface area (Å²) in [5.74, 6) is -0.158. The molecule has 0 spiro atoms. The molecule has 0 amide bonds. The van der Waals surface area contributed by atoms with Crippen molar-refractivity contribution in [1.29, 1.82) is 0 Å². The molecule has 2 aromatic carbocycles. The molecular weight excluding hydrogens is 329 g/mol. The predicted molar refractivity (Wildman–Crippen MR) is 90.2 cm³/mol. The molecule has 2 rings (SSSR count). The van der Waals surface area contributed by atoms with E-state index in [1.54, 1.807) is 6.07 Å².